The molecule has 2 saturated carbocycles. The smallest absolute Gasteiger partial charge is 0.154 e. The minimum absolute atomic E-state index is 0.0138. The Bertz CT molecular complexity index is 394. The minimum atomic E-state index is -2.96. The van der Waals surface area contributed by atoms with Gasteiger partial charge in [-0.05, 0) is 51.9 Å². The highest BCUT2D eigenvalue weighted by Gasteiger charge is 2.61. The van der Waals surface area contributed by atoms with Crippen LogP contribution in [-0.2, 0) is 9.84 Å². The lowest BCUT2D eigenvalue weighted by molar-refractivity contribution is -0.0102. The Balaban J connectivity index is 2.06. The van der Waals surface area contributed by atoms with Crippen molar-refractivity contribution in [3.8, 4) is 0 Å². The average molecular weight is 259 g/mol. The fourth-order valence-electron chi connectivity index (χ4n) is 3.29. The Kier molecular flexibility index (Phi) is 2.91. The summed E-state index contributed by atoms with van der Waals surface area (Å²) in [6.45, 7) is 6.86. The molecule has 17 heavy (non-hydrogen) atoms. The summed E-state index contributed by atoms with van der Waals surface area (Å²) in [7, 11) is -2.96. The third-order valence-electron chi connectivity index (χ3n) is 4.54. The second-order valence-corrected chi connectivity index (χ2v) is 9.68. The Morgan fingerprint density at radius 3 is 2.00 bits per heavy atom. The van der Waals surface area contributed by atoms with E-state index >= 15 is 0 Å². The lowest BCUT2D eigenvalue weighted by atomic mass is 9.51. The monoisotopic (exact) mass is 259 g/mol. The first-order valence-corrected chi connectivity index (χ1v) is 8.42. The fourth-order valence-corrected chi connectivity index (χ4v) is 4.76. The SMILES string of the molecule is CC(C)(C)NCC1(S(C)(=O)=O)CC2(CCC2)C1. The molecule has 2 aliphatic carbocycles. The van der Waals surface area contributed by atoms with Crippen LogP contribution in [-0.4, -0.2) is 31.5 Å². The summed E-state index contributed by atoms with van der Waals surface area (Å²) >= 11 is 0. The molecule has 0 atom stereocenters. The quantitative estimate of drug-likeness (QED) is 0.844. The van der Waals surface area contributed by atoms with Gasteiger partial charge >= 0.3 is 0 Å². The third-order valence-corrected chi connectivity index (χ3v) is 6.54. The number of sulfone groups is 1. The molecule has 1 spiro atoms. The summed E-state index contributed by atoms with van der Waals surface area (Å²) < 4.78 is 23.6. The van der Waals surface area contributed by atoms with E-state index in [1.807, 2.05) is 0 Å². The van der Waals surface area contributed by atoms with E-state index in [0.717, 1.165) is 12.8 Å². The molecule has 0 aliphatic heterocycles. The van der Waals surface area contributed by atoms with Gasteiger partial charge in [-0.2, -0.15) is 0 Å². The fraction of sp³-hybridized carbons (Fsp3) is 1.00. The molecule has 0 saturated heterocycles. The van der Waals surface area contributed by atoms with Crippen LogP contribution in [0.3, 0.4) is 0 Å². The highest BCUT2D eigenvalue weighted by molar-refractivity contribution is 7.92. The zero-order valence-corrected chi connectivity index (χ0v) is 12.3. The molecule has 0 aromatic carbocycles. The van der Waals surface area contributed by atoms with Gasteiger partial charge in [-0.25, -0.2) is 8.42 Å². The van der Waals surface area contributed by atoms with Crippen molar-refractivity contribution in [2.24, 2.45) is 5.41 Å². The normalized spacial score (nSPS) is 26.4. The van der Waals surface area contributed by atoms with Crippen LogP contribution < -0.4 is 5.32 Å². The van der Waals surface area contributed by atoms with Gasteiger partial charge in [0, 0.05) is 18.3 Å². The first kappa shape index (κ1) is 13.3. The van der Waals surface area contributed by atoms with Gasteiger partial charge in [0.05, 0.1) is 4.75 Å². The summed E-state index contributed by atoms with van der Waals surface area (Å²) in [5.41, 5.74) is 0.378. The molecule has 0 bridgehead atoms. The molecule has 3 nitrogen and oxygen atoms in total. The van der Waals surface area contributed by atoms with Crippen LogP contribution in [0.4, 0.5) is 0 Å². The predicted molar refractivity (Wildman–Crippen MR) is 70.8 cm³/mol. The van der Waals surface area contributed by atoms with Crippen molar-refractivity contribution in [2.45, 2.75) is 63.2 Å². The number of hydrogen-bond donors (Lipinski definition) is 1. The average Bonchev–Trinajstić information content (AvgIpc) is 1.93. The Morgan fingerprint density at radius 2 is 1.71 bits per heavy atom. The second kappa shape index (κ2) is 3.70. The van der Waals surface area contributed by atoms with Crippen LogP contribution >= 0.6 is 0 Å². The van der Waals surface area contributed by atoms with Crippen LogP contribution in [0.5, 0.6) is 0 Å². The maximum Gasteiger partial charge on any atom is 0.154 e. The van der Waals surface area contributed by atoms with Gasteiger partial charge in [-0.15, -0.1) is 0 Å². The maximum atomic E-state index is 12.0. The van der Waals surface area contributed by atoms with E-state index in [4.69, 9.17) is 0 Å². The standard InChI is InChI=1S/C13H25NO2S/c1-11(2,3)14-10-13(17(4,15)16)8-12(9-13)6-5-7-12/h14H,5-10H2,1-4H3. The van der Waals surface area contributed by atoms with E-state index in [-0.39, 0.29) is 5.54 Å². The van der Waals surface area contributed by atoms with Gasteiger partial charge in [-0.3, -0.25) is 0 Å². The molecule has 2 rings (SSSR count). The van der Waals surface area contributed by atoms with Gasteiger partial charge in [0.25, 0.3) is 0 Å². The molecule has 0 aromatic heterocycles. The van der Waals surface area contributed by atoms with Crippen molar-refractivity contribution in [3.05, 3.63) is 0 Å². The van der Waals surface area contributed by atoms with Gasteiger partial charge in [0.15, 0.2) is 9.84 Å². The van der Waals surface area contributed by atoms with E-state index < -0.39 is 14.6 Å². The molecule has 100 valence electrons. The largest absolute Gasteiger partial charge is 0.310 e. The molecular weight excluding hydrogens is 234 g/mol. The van der Waals surface area contributed by atoms with Crippen LogP contribution in [0.2, 0.25) is 0 Å². The first-order chi connectivity index (χ1) is 7.58. The Labute approximate surface area is 105 Å². The highest BCUT2D eigenvalue weighted by Crippen LogP contribution is 2.62. The lowest BCUT2D eigenvalue weighted by Crippen LogP contribution is -2.64. The molecule has 2 fully saturated rings. The number of hydrogen-bond acceptors (Lipinski definition) is 3. The maximum absolute atomic E-state index is 12.0. The first-order valence-electron chi connectivity index (χ1n) is 6.52. The van der Waals surface area contributed by atoms with Crippen molar-refractivity contribution in [2.75, 3.05) is 12.8 Å². The molecule has 0 heterocycles. The van der Waals surface area contributed by atoms with E-state index in [1.54, 1.807) is 0 Å². The van der Waals surface area contributed by atoms with Crippen LogP contribution in [0.25, 0.3) is 0 Å². The van der Waals surface area contributed by atoms with Crippen molar-refractivity contribution in [1.82, 2.24) is 5.32 Å². The van der Waals surface area contributed by atoms with Crippen molar-refractivity contribution >= 4 is 9.84 Å². The van der Waals surface area contributed by atoms with Crippen LogP contribution in [0.15, 0.2) is 0 Å². The van der Waals surface area contributed by atoms with Gasteiger partial charge < -0.3 is 5.32 Å². The van der Waals surface area contributed by atoms with E-state index in [2.05, 4.69) is 26.1 Å². The van der Waals surface area contributed by atoms with Crippen LogP contribution in [0.1, 0.15) is 52.9 Å². The Morgan fingerprint density at radius 1 is 1.18 bits per heavy atom. The molecule has 0 radical (unpaired) electrons. The van der Waals surface area contributed by atoms with E-state index in [1.165, 1.54) is 25.5 Å². The number of rotatable bonds is 3. The molecule has 0 unspecified atom stereocenters. The van der Waals surface area contributed by atoms with Crippen LogP contribution in [0, 0.1) is 5.41 Å². The van der Waals surface area contributed by atoms with Gasteiger partial charge in [-0.1, -0.05) is 6.42 Å². The van der Waals surface area contributed by atoms with Gasteiger partial charge in [0.2, 0.25) is 0 Å². The molecule has 0 amide bonds. The Hall–Kier alpha value is -0.0900. The van der Waals surface area contributed by atoms with E-state index in [0.29, 0.717) is 12.0 Å². The lowest BCUT2D eigenvalue weighted by Gasteiger charge is -2.60. The molecule has 0 aromatic rings. The predicted octanol–water partition coefficient (Wildman–Crippen LogP) is 2.12. The topological polar surface area (TPSA) is 46.2 Å². The second-order valence-electron chi connectivity index (χ2n) is 7.27. The molecule has 1 N–H and O–H groups in total. The van der Waals surface area contributed by atoms with Crippen molar-refractivity contribution < 1.29 is 8.42 Å². The summed E-state index contributed by atoms with van der Waals surface area (Å²) in [4.78, 5) is 0. The van der Waals surface area contributed by atoms with Crippen molar-refractivity contribution in [3.63, 3.8) is 0 Å². The summed E-state index contributed by atoms with van der Waals surface area (Å²) in [6.07, 6.45) is 6.92. The highest BCUT2D eigenvalue weighted by atomic mass is 32.2. The third kappa shape index (κ3) is 2.39. The zero-order valence-electron chi connectivity index (χ0n) is 11.5. The number of nitrogens with one attached hydrogen (secondary N) is 1. The molecular formula is C13H25NO2S. The van der Waals surface area contributed by atoms with Gasteiger partial charge in [0.1, 0.15) is 0 Å². The summed E-state index contributed by atoms with van der Waals surface area (Å²) in [6, 6.07) is 0. The minimum Gasteiger partial charge on any atom is -0.310 e. The molecule has 2 aliphatic rings. The zero-order chi connectivity index (χ0) is 12.9. The van der Waals surface area contributed by atoms with Crippen molar-refractivity contribution in [1.29, 1.82) is 0 Å². The molecule has 4 heteroatoms. The summed E-state index contributed by atoms with van der Waals surface area (Å²) in [5.74, 6) is 0. The van der Waals surface area contributed by atoms with E-state index in [9.17, 15) is 8.42 Å². The summed E-state index contributed by atoms with van der Waals surface area (Å²) in [5, 5.41) is 3.38.